The first-order valence-electron chi connectivity index (χ1n) is 9.94. The van der Waals surface area contributed by atoms with Crippen LogP contribution >= 0.6 is 0 Å². The summed E-state index contributed by atoms with van der Waals surface area (Å²) in [6.45, 7) is 5.01. The second-order valence-corrected chi connectivity index (χ2v) is 7.45. The normalized spacial score (nSPS) is 14.6. The lowest BCUT2D eigenvalue weighted by Crippen LogP contribution is -2.44. The number of rotatable bonds is 6. The fourth-order valence-electron chi connectivity index (χ4n) is 3.47. The van der Waals surface area contributed by atoms with Crippen molar-refractivity contribution in [3.8, 4) is 5.75 Å². The maximum absolute atomic E-state index is 13.1. The predicted molar refractivity (Wildman–Crippen MR) is 112 cm³/mol. The number of carbonyl (C=O) groups excluding carboxylic acids is 2. The molecule has 7 heteroatoms. The van der Waals surface area contributed by atoms with Crippen molar-refractivity contribution in [3.63, 3.8) is 0 Å². The molecule has 0 saturated carbocycles. The minimum atomic E-state index is -0.0850. The summed E-state index contributed by atoms with van der Waals surface area (Å²) in [5, 5.41) is 6.17. The van der Waals surface area contributed by atoms with Gasteiger partial charge in [-0.25, -0.2) is 4.98 Å². The number of pyridine rings is 1. The smallest absolute Gasteiger partial charge is 0.257 e. The van der Waals surface area contributed by atoms with Crippen LogP contribution in [0.5, 0.6) is 5.75 Å². The lowest BCUT2D eigenvalue weighted by molar-refractivity contribution is -0.126. The zero-order chi connectivity index (χ0) is 20.8. The summed E-state index contributed by atoms with van der Waals surface area (Å²) in [4.78, 5) is 31.5. The molecule has 1 aromatic carbocycles. The van der Waals surface area contributed by atoms with E-state index in [0.717, 1.165) is 5.69 Å². The van der Waals surface area contributed by atoms with Crippen molar-refractivity contribution in [2.75, 3.05) is 25.5 Å². The molecule has 2 aromatic rings. The maximum Gasteiger partial charge on any atom is 0.257 e. The highest BCUT2D eigenvalue weighted by molar-refractivity contribution is 5.99. The van der Waals surface area contributed by atoms with Gasteiger partial charge >= 0.3 is 0 Å². The number of carbonyl (C=O) groups is 2. The van der Waals surface area contributed by atoms with Crippen molar-refractivity contribution in [1.82, 2.24) is 15.2 Å². The number of para-hydroxylation sites is 2. The number of nitrogens with zero attached hydrogens (tertiary/aromatic N) is 2. The van der Waals surface area contributed by atoms with E-state index in [9.17, 15) is 9.59 Å². The molecule has 0 unspecified atom stereocenters. The van der Waals surface area contributed by atoms with E-state index in [1.165, 1.54) is 0 Å². The summed E-state index contributed by atoms with van der Waals surface area (Å²) in [5.41, 5.74) is 1.25. The van der Waals surface area contributed by atoms with Crippen LogP contribution in [0.4, 0.5) is 11.5 Å². The number of aromatic nitrogens is 1. The first-order chi connectivity index (χ1) is 14.0. The second-order valence-electron chi connectivity index (χ2n) is 7.45. The van der Waals surface area contributed by atoms with Crippen LogP contribution in [0, 0.1) is 5.92 Å². The van der Waals surface area contributed by atoms with Crippen molar-refractivity contribution < 1.29 is 14.3 Å². The topological polar surface area (TPSA) is 83.6 Å². The second kappa shape index (κ2) is 9.41. The number of anilines is 2. The fourth-order valence-corrected chi connectivity index (χ4v) is 3.47. The molecule has 1 aromatic heterocycles. The van der Waals surface area contributed by atoms with Gasteiger partial charge in [0.25, 0.3) is 5.91 Å². The molecule has 1 fully saturated rings. The van der Waals surface area contributed by atoms with Gasteiger partial charge in [0.15, 0.2) is 0 Å². The zero-order valence-electron chi connectivity index (χ0n) is 17.1. The average Bonchev–Trinajstić information content (AvgIpc) is 2.73. The molecular formula is C22H28N4O3. The first-order valence-corrected chi connectivity index (χ1v) is 9.94. The number of methoxy groups -OCH3 is 1. The van der Waals surface area contributed by atoms with Gasteiger partial charge in [0, 0.05) is 31.2 Å². The Labute approximate surface area is 171 Å². The van der Waals surface area contributed by atoms with E-state index in [2.05, 4.69) is 15.6 Å². The standard InChI is InChI=1S/C22H28N4O3/c1-15(2)24-21(27)16-10-13-26(14-11-16)22(28)17-7-6-12-23-20(17)25-18-8-4-5-9-19(18)29-3/h4-9,12,15-16H,10-11,13-14H2,1-3H3,(H,23,25)(H,24,27). The molecule has 0 aliphatic carbocycles. The third-order valence-corrected chi connectivity index (χ3v) is 4.98. The van der Waals surface area contributed by atoms with Gasteiger partial charge in [0.1, 0.15) is 11.6 Å². The number of amides is 2. The highest BCUT2D eigenvalue weighted by atomic mass is 16.5. The Morgan fingerprint density at radius 2 is 1.86 bits per heavy atom. The molecule has 7 nitrogen and oxygen atoms in total. The Balaban J connectivity index is 1.70. The van der Waals surface area contributed by atoms with Crippen LogP contribution in [0.2, 0.25) is 0 Å². The van der Waals surface area contributed by atoms with Crippen LogP contribution in [0.15, 0.2) is 42.6 Å². The van der Waals surface area contributed by atoms with E-state index in [4.69, 9.17) is 4.74 Å². The van der Waals surface area contributed by atoms with E-state index in [-0.39, 0.29) is 23.8 Å². The third-order valence-electron chi connectivity index (χ3n) is 4.98. The van der Waals surface area contributed by atoms with Gasteiger partial charge in [0.2, 0.25) is 5.91 Å². The van der Waals surface area contributed by atoms with Crippen molar-refractivity contribution in [3.05, 3.63) is 48.2 Å². The Kier molecular flexibility index (Phi) is 6.69. The van der Waals surface area contributed by atoms with Crippen LogP contribution < -0.4 is 15.4 Å². The largest absolute Gasteiger partial charge is 0.495 e. The first kappa shape index (κ1) is 20.6. The SMILES string of the molecule is COc1ccccc1Nc1ncccc1C(=O)N1CCC(C(=O)NC(C)C)CC1. The molecule has 0 bridgehead atoms. The van der Waals surface area contributed by atoms with Crippen molar-refractivity contribution >= 4 is 23.3 Å². The number of hydrogen-bond acceptors (Lipinski definition) is 5. The van der Waals surface area contributed by atoms with Crippen LogP contribution in [0.1, 0.15) is 37.0 Å². The molecule has 2 N–H and O–H groups in total. The number of ether oxygens (including phenoxy) is 1. The summed E-state index contributed by atoms with van der Waals surface area (Å²) >= 11 is 0. The van der Waals surface area contributed by atoms with Crippen LogP contribution in [0.25, 0.3) is 0 Å². The molecule has 1 aliphatic rings. The molecule has 2 amide bonds. The van der Waals surface area contributed by atoms with E-state index in [1.54, 1.807) is 30.3 Å². The number of piperidine rings is 1. The summed E-state index contributed by atoms with van der Waals surface area (Å²) in [5.74, 6) is 1.11. The molecule has 29 heavy (non-hydrogen) atoms. The van der Waals surface area contributed by atoms with E-state index < -0.39 is 0 Å². The molecule has 1 saturated heterocycles. The van der Waals surface area contributed by atoms with Crippen LogP contribution in [-0.4, -0.2) is 47.9 Å². The van der Waals surface area contributed by atoms with Crippen molar-refractivity contribution in [1.29, 1.82) is 0 Å². The molecule has 2 heterocycles. The Bertz CT molecular complexity index is 861. The minimum Gasteiger partial charge on any atom is -0.495 e. The minimum absolute atomic E-state index is 0.0403. The predicted octanol–water partition coefficient (Wildman–Crippen LogP) is 3.21. The van der Waals surface area contributed by atoms with E-state index in [1.807, 2.05) is 38.1 Å². The average molecular weight is 396 g/mol. The molecule has 1 aliphatic heterocycles. The van der Waals surface area contributed by atoms with Crippen molar-refractivity contribution in [2.45, 2.75) is 32.7 Å². The molecule has 154 valence electrons. The summed E-state index contributed by atoms with van der Waals surface area (Å²) in [6.07, 6.45) is 2.98. The van der Waals surface area contributed by atoms with Gasteiger partial charge in [-0.15, -0.1) is 0 Å². The van der Waals surface area contributed by atoms with Gasteiger partial charge < -0.3 is 20.3 Å². The van der Waals surface area contributed by atoms with Crippen LogP contribution in [0.3, 0.4) is 0 Å². The molecular weight excluding hydrogens is 368 g/mol. The Morgan fingerprint density at radius 1 is 1.14 bits per heavy atom. The summed E-state index contributed by atoms with van der Waals surface area (Å²) in [7, 11) is 1.60. The Hall–Kier alpha value is -3.09. The van der Waals surface area contributed by atoms with Gasteiger partial charge in [-0.05, 0) is 51.0 Å². The van der Waals surface area contributed by atoms with Crippen molar-refractivity contribution in [2.24, 2.45) is 5.92 Å². The summed E-state index contributed by atoms with van der Waals surface area (Å²) in [6, 6.07) is 11.1. The highest BCUT2D eigenvalue weighted by Crippen LogP contribution is 2.28. The zero-order valence-corrected chi connectivity index (χ0v) is 17.1. The van der Waals surface area contributed by atoms with Gasteiger partial charge in [-0.2, -0.15) is 0 Å². The molecule has 0 spiro atoms. The lowest BCUT2D eigenvalue weighted by atomic mass is 9.95. The van der Waals surface area contributed by atoms with Gasteiger partial charge in [-0.3, -0.25) is 9.59 Å². The monoisotopic (exact) mass is 396 g/mol. The molecule has 0 radical (unpaired) electrons. The highest BCUT2D eigenvalue weighted by Gasteiger charge is 2.29. The number of benzene rings is 1. The van der Waals surface area contributed by atoms with Gasteiger partial charge in [-0.1, -0.05) is 12.1 Å². The molecule has 3 rings (SSSR count). The number of likely N-dealkylation sites (tertiary alicyclic amines) is 1. The lowest BCUT2D eigenvalue weighted by Gasteiger charge is -2.32. The van der Waals surface area contributed by atoms with Gasteiger partial charge in [0.05, 0.1) is 18.4 Å². The Morgan fingerprint density at radius 3 is 2.55 bits per heavy atom. The number of nitrogens with one attached hydrogen (secondary N) is 2. The molecule has 0 atom stereocenters. The summed E-state index contributed by atoms with van der Waals surface area (Å²) < 4.78 is 5.37. The number of hydrogen-bond donors (Lipinski definition) is 2. The van der Waals surface area contributed by atoms with Crippen LogP contribution in [-0.2, 0) is 4.79 Å². The quantitative estimate of drug-likeness (QED) is 0.783. The maximum atomic E-state index is 13.1. The van der Waals surface area contributed by atoms with E-state index in [0.29, 0.717) is 43.1 Å². The third kappa shape index (κ3) is 5.04. The van der Waals surface area contributed by atoms with E-state index >= 15 is 0 Å². The fraction of sp³-hybridized carbons (Fsp3) is 0.409.